The molecule has 0 radical (unpaired) electrons. The van der Waals surface area contributed by atoms with Crippen molar-refractivity contribution < 1.29 is 57.8 Å². The summed E-state index contributed by atoms with van der Waals surface area (Å²) in [5, 5.41) is 10.0. The molecule has 9 saturated heterocycles. The van der Waals surface area contributed by atoms with Gasteiger partial charge in [0.05, 0.1) is 13.2 Å². The second-order valence-corrected chi connectivity index (χ2v) is 21.0. The number of alkyl halides is 1. The van der Waals surface area contributed by atoms with Gasteiger partial charge in [0.25, 0.3) is 0 Å². The monoisotopic (exact) mass is 902 g/mol. The summed E-state index contributed by atoms with van der Waals surface area (Å²) in [7, 11) is 0. The predicted octanol–water partition coefficient (Wildman–Crippen LogP) is 9.73. The predicted molar refractivity (Wildman–Crippen MR) is 223 cm³/mol. The second kappa shape index (κ2) is 19.2. The van der Waals surface area contributed by atoms with Gasteiger partial charge in [0.1, 0.15) is 0 Å². The molecule has 0 aromatic heterocycles. The highest BCUT2D eigenvalue weighted by molar-refractivity contribution is 9.09. The largest absolute Gasteiger partial charge is 0.396 e. The van der Waals surface area contributed by atoms with Crippen molar-refractivity contribution in [2.45, 2.75) is 205 Å². The first-order chi connectivity index (χ1) is 28.2. The molecule has 0 aromatic rings. The number of aliphatic hydroxyl groups is 1. The highest BCUT2D eigenvalue weighted by Gasteiger charge is 2.73. The first-order valence-electron chi connectivity index (χ1n) is 23.7. The maximum Gasteiger partial charge on any atom is 0.201 e. The van der Waals surface area contributed by atoms with E-state index in [9.17, 15) is 0 Å². The molecule has 11 rings (SSSR count). The summed E-state index contributed by atoms with van der Waals surface area (Å²) in [5.74, 6) is 0.0893. The van der Waals surface area contributed by atoms with Crippen LogP contribution in [0.25, 0.3) is 0 Å². The molecule has 2 saturated carbocycles. The van der Waals surface area contributed by atoms with E-state index in [1.165, 1.54) is 32.1 Å². The molecule has 2 unspecified atom stereocenters. The maximum absolute atomic E-state index is 8.96. The van der Waals surface area contributed by atoms with E-state index in [2.05, 4.69) is 57.5 Å². The molecule has 2 spiro atoms. The lowest BCUT2D eigenvalue weighted by molar-refractivity contribution is -0.585. The van der Waals surface area contributed by atoms with Crippen LogP contribution in [0.3, 0.4) is 0 Å². The lowest BCUT2D eigenvalue weighted by Crippen LogP contribution is -2.72. The number of rotatable bonds is 12. The molecule has 16 atom stereocenters. The molecular formula is C46H79BrO12. The number of hydrogen-bond acceptors (Lipinski definition) is 12. The van der Waals surface area contributed by atoms with E-state index in [-0.39, 0.29) is 24.4 Å². The van der Waals surface area contributed by atoms with Crippen molar-refractivity contribution in [3.05, 3.63) is 0 Å². The Labute approximate surface area is 363 Å². The highest BCUT2D eigenvalue weighted by Crippen LogP contribution is 2.64. The molecule has 13 heteroatoms. The van der Waals surface area contributed by atoms with Crippen LogP contribution in [0.2, 0.25) is 0 Å². The fourth-order valence-electron chi connectivity index (χ4n) is 12.3. The van der Waals surface area contributed by atoms with Crippen LogP contribution in [0.1, 0.15) is 158 Å². The molecule has 0 aromatic carbocycles. The minimum absolute atomic E-state index is 0.177. The molecular weight excluding hydrogens is 824 g/mol. The number of fused-ring (bicyclic) bond motifs is 4. The summed E-state index contributed by atoms with van der Waals surface area (Å²) in [6, 6.07) is 0. The molecule has 9 aliphatic heterocycles. The first kappa shape index (κ1) is 47.0. The highest BCUT2D eigenvalue weighted by atomic mass is 79.9. The van der Waals surface area contributed by atoms with Gasteiger partial charge in [-0.15, -0.1) is 0 Å². The van der Waals surface area contributed by atoms with E-state index < -0.39 is 46.9 Å². The third kappa shape index (κ3) is 9.15. The van der Waals surface area contributed by atoms with Gasteiger partial charge in [0.15, 0.2) is 35.4 Å². The molecule has 9 heterocycles. The van der Waals surface area contributed by atoms with Gasteiger partial charge < -0.3 is 38.3 Å². The Bertz CT molecular complexity index is 1260. The SMILES string of the molecule is C1CCOC1.C[C@@H]1CC[C@H]2[C@@H](C)[C@@](C)(OCCCCCBr)O[C@@H]3O[C@]4(C)CCC1[C@]32OO4.C[C@@H]1CC[C@H]2[C@@H](C)[C@@](C)(OCCCCCO)O[C@@H]3O[C@]4(C)CCC1[C@]32OO4. The lowest BCUT2D eigenvalue weighted by atomic mass is 9.57. The van der Waals surface area contributed by atoms with E-state index in [0.717, 1.165) is 95.8 Å². The number of aliphatic hydroxyl groups excluding tert-OH is 1. The average Bonchev–Trinajstić information content (AvgIpc) is 3.62. The van der Waals surface area contributed by atoms with Gasteiger partial charge in [0, 0.05) is 61.7 Å². The van der Waals surface area contributed by atoms with Gasteiger partial charge >= 0.3 is 0 Å². The van der Waals surface area contributed by atoms with Gasteiger partial charge in [-0.25, -0.2) is 19.6 Å². The maximum atomic E-state index is 8.96. The van der Waals surface area contributed by atoms with E-state index >= 15 is 0 Å². The van der Waals surface area contributed by atoms with E-state index in [0.29, 0.717) is 36.2 Å². The molecule has 0 amide bonds. The van der Waals surface area contributed by atoms with Crippen LogP contribution in [0.15, 0.2) is 0 Å². The Balaban J connectivity index is 0.000000160. The Morgan fingerprint density at radius 3 is 1.41 bits per heavy atom. The summed E-state index contributed by atoms with van der Waals surface area (Å²) < 4.78 is 43.5. The van der Waals surface area contributed by atoms with Crippen LogP contribution < -0.4 is 0 Å². The number of hydrogen-bond donors (Lipinski definition) is 1. The van der Waals surface area contributed by atoms with Crippen molar-refractivity contribution in [3.8, 4) is 0 Å². The Hall–Kier alpha value is -0.0000000000000000139. The van der Waals surface area contributed by atoms with E-state index in [4.69, 9.17) is 57.8 Å². The molecule has 1 N–H and O–H groups in total. The smallest absolute Gasteiger partial charge is 0.201 e. The second-order valence-electron chi connectivity index (χ2n) is 20.2. The molecule has 11 aliphatic rings. The summed E-state index contributed by atoms with van der Waals surface area (Å²) >= 11 is 3.49. The minimum atomic E-state index is -0.750. The molecule has 11 fully saturated rings. The number of halogens is 1. The third-order valence-corrected chi connectivity index (χ3v) is 16.8. The Kier molecular flexibility index (Phi) is 15.3. The van der Waals surface area contributed by atoms with E-state index in [1.54, 1.807) is 0 Å². The van der Waals surface area contributed by atoms with Crippen LogP contribution in [-0.2, 0) is 52.7 Å². The molecule has 2 aliphatic carbocycles. The number of ether oxygens (including phenoxy) is 7. The summed E-state index contributed by atoms with van der Waals surface area (Å²) in [6.07, 6.45) is 16.1. The fourth-order valence-corrected chi connectivity index (χ4v) is 12.7. The van der Waals surface area contributed by atoms with Gasteiger partial charge in [-0.2, -0.15) is 0 Å². The fraction of sp³-hybridized carbons (Fsp3) is 1.00. The van der Waals surface area contributed by atoms with Crippen LogP contribution in [0.4, 0.5) is 0 Å². The van der Waals surface area contributed by atoms with E-state index in [1.807, 2.05) is 13.8 Å². The van der Waals surface area contributed by atoms with Crippen LogP contribution in [-0.4, -0.2) is 90.4 Å². The standard InChI is InChI=1S/C21H35BrO5.C21H36O6.C4H8O/c2*1-14-8-9-17-15(2)20(4,23-13-7-5-6-12-22)25-18-21(17)16(14)10-11-19(3,24-18)26-27-21;1-2-4-5-3-1/h14-18H,5-13H2,1-4H3;14-18,22H,5-13H2,1-4H3;1-4H2/t2*14-,15-,16?,17+,18+,19+,20+,21-;/m11./s1. The molecule has 4 bridgehead atoms. The van der Waals surface area contributed by atoms with Crippen molar-refractivity contribution in [3.63, 3.8) is 0 Å². The van der Waals surface area contributed by atoms with Crippen LogP contribution >= 0.6 is 15.9 Å². The summed E-state index contributed by atoms with van der Waals surface area (Å²) in [4.78, 5) is 24.1. The van der Waals surface area contributed by atoms with Crippen molar-refractivity contribution in [2.24, 2.45) is 47.3 Å². The van der Waals surface area contributed by atoms with Crippen LogP contribution in [0, 0.1) is 47.3 Å². The zero-order valence-electron chi connectivity index (χ0n) is 37.6. The molecule has 12 nitrogen and oxygen atoms in total. The van der Waals surface area contributed by atoms with Crippen molar-refractivity contribution in [2.75, 3.05) is 38.4 Å². The quantitative estimate of drug-likeness (QED) is 0.114. The third-order valence-electron chi connectivity index (χ3n) is 16.3. The summed E-state index contributed by atoms with van der Waals surface area (Å²) in [5.41, 5.74) is -1.04. The molecule has 59 heavy (non-hydrogen) atoms. The Morgan fingerprint density at radius 2 is 1.00 bits per heavy atom. The van der Waals surface area contributed by atoms with Crippen molar-refractivity contribution in [1.82, 2.24) is 0 Å². The zero-order chi connectivity index (χ0) is 42.1. The average molecular weight is 904 g/mol. The summed E-state index contributed by atoms with van der Waals surface area (Å²) in [6.45, 7) is 20.8. The zero-order valence-corrected chi connectivity index (χ0v) is 39.2. The number of unbranched alkanes of at least 4 members (excludes halogenated alkanes) is 4. The normalized spacial score (nSPS) is 49.3. The van der Waals surface area contributed by atoms with Crippen molar-refractivity contribution in [1.29, 1.82) is 0 Å². The Morgan fingerprint density at radius 1 is 0.542 bits per heavy atom. The van der Waals surface area contributed by atoms with Crippen molar-refractivity contribution >= 4 is 15.9 Å². The minimum Gasteiger partial charge on any atom is -0.396 e. The topological polar surface area (TPSA) is 122 Å². The van der Waals surface area contributed by atoms with Gasteiger partial charge in [-0.05, 0) is 135 Å². The van der Waals surface area contributed by atoms with Gasteiger partial charge in [-0.1, -0.05) is 50.0 Å². The molecule has 342 valence electrons. The van der Waals surface area contributed by atoms with Crippen LogP contribution in [0.5, 0.6) is 0 Å². The van der Waals surface area contributed by atoms with Gasteiger partial charge in [0.2, 0.25) is 11.6 Å². The van der Waals surface area contributed by atoms with Gasteiger partial charge in [-0.3, -0.25) is 0 Å². The first-order valence-corrected chi connectivity index (χ1v) is 24.8. The lowest BCUT2D eigenvalue weighted by Gasteiger charge is -2.62.